The number of rotatable bonds is 12. The van der Waals surface area contributed by atoms with Gasteiger partial charge in [-0.15, -0.1) is 24.0 Å². The third-order valence-corrected chi connectivity index (χ3v) is 6.01. The zero-order valence-electron chi connectivity index (χ0n) is 18.7. The van der Waals surface area contributed by atoms with Gasteiger partial charge in [0.05, 0.1) is 25.0 Å². The van der Waals surface area contributed by atoms with Crippen molar-refractivity contribution < 1.29 is 17.9 Å². The van der Waals surface area contributed by atoms with Crippen LogP contribution in [0.2, 0.25) is 0 Å². The van der Waals surface area contributed by atoms with Crippen LogP contribution in [0, 0.1) is 0 Å². The van der Waals surface area contributed by atoms with Gasteiger partial charge in [0.2, 0.25) is 10.0 Å². The molecule has 3 N–H and O–H groups in total. The van der Waals surface area contributed by atoms with Gasteiger partial charge in [0.1, 0.15) is 0 Å². The van der Waals surface area contributed by atoms with Gasteiger partial charge in [-0.25, -0.2) is 18.1 Å². The number of nitrogens with one attached hydrogen (secondary N) is 3. The van der Waals surface area contributed by atoms with E-state index in [4.69, 9.17) is 9.47 Å². The lowest BCUT2D eigenvalue weighted by Gasteiger charge is -2.14. The summed E-state index contributed by atoms with van der Waals surface area (Å²) in [7, 11) is -3.39. The molecule has 1 atom stereocenters. The maximum atomic E-state index is 12.3. The smallest absolute Gasteiger partial charge is 0.216 e. The summed E-state index contributed by atoms with van der Waals surface area (Å²) in [5, 5.41) is 6.53. The molecule has 0 spiro atoms. The Bertz CT molecular complexity index is 768. The first-order valence-corrected chi connectivity index (χ1v) is 12.3. The Balaban J connectivity index is 0.00000480. The van der Waals surface area contributed by atoms with Crippen LogP contribution < -0.4 is 15.4 Å². The van der Waals surface area contributed by atoms with Crippen LogP contribution in [0.1, 0.15) is 44.7 Å². The molecule has 1 aliphatic heterocycles. The quantitative estimate of drug-likeness (QED) is 0.155. The fourth-order valence-corrected chi connectivity index (χ4v) is 4.63. The molecule has 0 aliphatic carbocycles. The normalized spacial score (nSPS) is 16.9. The monoisotopic (exact) mass is 568 g/mol. The van der Waals surface area contributed by atoms with Crippen LogP contribution in [0.4, 0.5) is 0 Å². The highest BCUT2D eigenvalue weighted by Crippen LogP contribution is 2.14. The van der Waals surface area contributed by atoms with E-state index in [9.17, 15) is 8.42 Å². The van der Waals surface area contributed by atoms with Gasteiger partial charge in [-0.1, -0.05) is 24.3 Å². The Hall–Kier alpha value is -0.950. The number of hydrogen-bond acceptors (Lipinski definition) is 5. The lowest BCUT2D eigenvalue weighted by Crippen LogP contribution is -2.38. The summed E-state index contributed by atoms with van der Waals surface area (Å²) in [6.07, 6.45) is 2.07. The summed E-state index contributed by atoms with van der Waals surface area (Å²) in [6, 6.07) is 7.39. The molecule has 1 aromatic rings. The minimum Gasteiger partial charge on any atom is -0.379 e. The van der Waals surface area contributed by atoms with Crippen molar-refractivity contribution in [3.63, 3.8) is 0 Å². The van der Waals surface area contributed by atoms with Crippen LogP contribution in [-0.2, 0) is 31.8 Å². The molecule has 1 aliphatic rings. The molecule has 0 saturated carbocycles. The third-order valence-electron chi connectivity index (χ3n) is 4.49. The molecule has 0 aromatic heterocycles. The molecule has 1 saturated heterocycles. The Morgan fingerprint density at radius 1 is 1.26 bits per heavy atom. The number of benzene rings is 1. The van der Waals surface area contributed by atoms with Crippen molar-refractivity contribution in [3.05, 3.63) is 35.4 Å². The van der Waals surface area contributed by atoms with Gasteiger partial charge in [-0.05, 0) is 44.7 Å². The van der Waals surface area contributed by atoms with Gasteiger partial charge in [0.25, 0.3) is 0 Å². The van der Waals surface area contributed by atoms with Crippen molar-refractivity contribution in [3.8, 4) is 0 Å². The van der Waals surface area contributed by atoms with Crippen molar-refractivity contribution in [2.24, 2.45) is 4.99 Å². The lowest BCUT2D eigenvalue weighted by atomic mass is 10.1. The van der Waals surface area contributed by atoms with Crippen molar-refractivity contribution >= 4 is 40.0 Å². The Morgan fingerprint density at radius 3 is 2.65 bits per heavy atom. The van der Waals surface area contributed by atoms with Crippen LogP contribution in [-0.4, -0.2) is 59.4 Å². The van der Waals surface area contributed by atoms with Crippen molar-refractivity contribution in [2.75, 3.05) is 32.9 Å². The Labute approximate surface area is 204 Å². The van der Waals surface area contributed by atoms with Gasteiger partial charge >= 0.3 is 0 Å². The van der Waals surface area contributed by atoms with Gasteiger partial charge in [0.15, 0.2) is 5.96 Å². The molecule has 0 bridgehead atoms. The number of aliphatic imine (C=N–C) groups is 1. The largest absolute Gasteiger partial charge is 0.379 e. The van der Waals surface area contributed by atoms with Crippen molar-refractivity contribution in [2.45, 2.75) is 58.1 Å². The van der Waals surface area contributed by atoms with Gasteiger partial charge < -0.3 is 20.1 Å². The molecule has 178 valence electrons. The van der Waals surface area contributed by atoms with E-state index in [0.29, 0.717) is 25.7 Å². The SMILES string of the molecule is CCNC(=NCc1ccccc1CS(=O)(=O)NC(C)C)NCCCOC1CCOC1.I. The summed E-state index contributed by atoms with van der Waals surface area (Å²) in [4.78, 5) is 4.63. The van der Waals surface area contributed by atoms with E-state index >= 15 is 0 Å². The summed E-state index contributed by atoms with van der Waals surface area (Å²) >= 11 is 0. The molecule has 1 heterocycles. The highest BCUT2D eigenvalue weighted by Gasteiger charge is 2.16. The molecule has 1 fully saturated rings. The van der Waals surface area contributed by atoms with E-state index in [-0.39, 0.29) is 41.9 Å². The van der Waals surface area contributed by atoms with Crippen molar-refractivity contribution in [1.29, 1.82) is 0 Å². The fraction of sp³-hybridized carbons (Fsp3) is 0.667. The van der Waals surface area contributed by atoms with Gasteiger partial charge in [0, 0.05) is 32.3 Å². The first kappa shape index (κ1) is 28.1. The molecule has 8 nitrogen and oxygen atoms in total. The van der Waals surface area contributed by atoms with Crippen molar-refractivity contribution in [1.82, 2.24) is 15.4 Å². The van der Waals surface area contributed by atoms with E-state index in [2.05, 4.69) is 20.3 Å². The van der Waals surface area contributed by atoms with E-state index in [1.165, 1.54) is 0 Å². The van der Waals surface area contributed by atoms with Crippen LogP contribution in [0.5, 0.6) is 0 Å². The summed E-state index contributed by atoms with van der Waals surface area (Å²) < 4.78 is 38.3. The predicted octanol–water partition coefficient (Wildman–Crippen LogP) is 2.38. The van der Waals surface area contributed by atoms with E-state index in [1.54, 1.807) is 0 Å². The van der Waals surface area contributed by atoms with Crippen LogP contribution in [0.25, 0.3) is 0 Å². The predicted molar refractivity (Wildman–Crippen MR) is 135 cm³/mol. The number of hydrogen-bond donors (Lipinski definition) is 3. The minimum atomic E-state index is -3.39. The fourth-order valence-electron chi connectivity index (χ4n) is 3.14. The van der Waals surface area contributed by atoms with Crippen LogP contribution in [0.3, 0.4) is 0 Å². The summed E-state index contributed by atoms with van der Waals surface area (Å²) in [5.74, 6) is 0.656. The van der Waals surface area contributed by atoms with E-state index in [1.807, 2.05) is 45.0 Å². The average molecular weight is 569 g/mol. The highest BCUT2D eigenvalue weighted by atomic mass is 127. The maximum absolute atomic E-state index is 12.3. The molecule has 1 unspecified atom stereocenters. The highest BCUT2D eigenvalue weighted by molar-refractivity contribution is 14.0. The first-order valence-electron chi connectivity index (χ1n) is 10.7. The molecular weight excluding hydrogens is 531 g/mol. The number of ether oxygens (including phenoxy) is 2. The second-order valence-electron chi connectivity index (χ2n) is 7.63. The van der Waals surface area contributed by atoms with Crippen LogP contribution >= 0.6 is 24.0 Å². The van der Waals surface area contributed by atoms with Crippen LogP contribution in [0.15, 0.2) is 29.3 Å². The molecule has 10 heteroatoms. The molecule has 31 heavy (non-hydrogen) atoms. The molecule has 1 aromatic carbocycles. The lowest BCUT2D eigenvalue weighted by molar-refractivity contribution is 0.0420. The summed E-state index contributed by atoms with van der Waals surface area (Å²) in [6.45, 7) is 9.70. The Kier molecular flexibility index (Phi) is 13.6. The third kappa shape index (κ3) is 11.5. The molecular formula is C21H37IN4O4S. The average Bonchev–Trinajstić information content (AvgIpc) is 3.19. The number of guanidine groups is 1. The minimum absolute atomic E-state index is 0. The topological polar surface area (TPSA) is 101 Å². The molecule has 2 rings (SSSR count). The van der Waals surface area contributed by atoms with Gasteiger partial charge in [-0.3, -0.25) is 0 Å². The first-order chi connectivity index (χ1) is 14.4. The maximum Gasteiger partial charge on any atom is 0.216 e. The zero-order chi connectivity index (χ0) is 21.8. The summed E-state index contributed by atoms with van der Waals surface area (Å²) in [5.41, 5.74) is 1.66. The zero-order valence-corrected chi connectivity index (χ0v) is 21.9. The van der Waals surface area contributed by atoms with E-state index < -0.39 is 10.0 Å². The number of nitrogens with zero attached hydrogens (tertiary/aromatic N) is 1. The van der Waals surface area contributed by atoms with E-state index in [0.717, 1.165) is 43.7 Å². The standard InChI is InChI=1S/C21H36N4O4S.HI/c1-4-22-21(23-11-7-12-29-20-10-13-28-15-20)24-14-18-8-5-6-9-19(18)16-30(26,27)25-17(2)3;/h5-6,8-9,17,20,25H,4,7,10-16H2,1-3H3,(H2,22,23,24);1H. The second kappa shape index (κ2) is 15.0. The molecule has 0 radical (unpaired) electrons. The van der Waals surface area contributed by atoms with Gasteiger partial charge in [-0.2, -0.15) is 0 Å². The molecule has 0 amide bonds. The second-order valence-corrected chi connectivity index (χ2v) is 9.39. The number of sulfonamides is 1. The number of halogens is 1. The Morgan fingerprint density at radius 2 is 2.00 bits per heavy atom.